The molecule has 0 rings (SSSR count). The molecule has 0 aliphatic heterocycles. The second-order valence-electron chi connectivity index (χ2n) is 5.79. The second-order valence-corrected chi connectivity index (χ2v) is 5.79. The van der Waals surface area contributed by atoms with Gasteiger partial charge in [0, 0.05) is 26.6 Å². The zero-order chi connectivity index (χ0) is 17.0. The maximum Gasteiger partial charge on any atom is 0.245 e. The molecule has 0 aromatic rings. The molecule has 128 valence electrons. The topological polar surface area (TPSA) is 40.6 Å². The van der Waals surface area contributed by atoms with Crippen molar-refractivity contribution in [3.05, 3.63) is 12.7 Å². The van der Waals surface area contributed by atoms with Gasteiger partial charge in [-0.1, -0.05) is 25.3 Å². The van der Waals surface area contributed by atoms with E-state index >= 15 is 0 Å². The van der Waals surface area contributed by atoms with E-state index in [1.807, 2.05) is 26.8 Å². The average molecular weight is 310 g/mol. The van der Waals surface area contributed by atoms with Crippen LogP contribution in [0.15, 0.2) is 12.7 Å². The first-order chi connectivity index (χ1) is 10.5. The maximum atomic E-state index is 12.3. The van der Waals surface area contributed by atoms with Gasteiger partial charge in [-0.3, -0.25) is 9.59 Å². The third-order valence-electron chi connectivity index (χ3n) is 4.21. The Kier molecular flexibility index (Phi) is 11.5. The summed E-state index contributed by atoms with van der Waals surface area (Å²) in [4.78, 5) is 27.8. The molecule has 0 N–H and O–H groups in total. The van der Waals surface area contributed by atoms with Crippen LogP contribution in [0.4, 0.5) is 0 Å². The smallest absolute Gasteiger partial charge is 0.245 e. The lowest BCUT2D eigenvalue weighted by Gasteiger charge is -2.29. The summed E-state index contributed by atoms with van der Waals surface area (Å²) in [5.74, 6) is 0.101. The number of unbranched alkanes of at least 4 members (excludes halogenated alkanes) is 5. The van der Waals surface area contributed by atoms with Gasteiger partial charge in [0.15, 0.2) is 0 Å². The summed E-state index contributed by atoms with van der Waals surface area (Å²) >= 11 is 0. The van der Waals surface area contributed by atoms with E-state index in [4.69, 9.17) is 0 Å². The van der Waals surface area contributed by atoms with E-state index in [2.05, 4.69) is 6.58 Å². The first kappa shape index (κ1) is 20.7. The van der Waals surface area contributed by atoms with Gasteiger partial charge < -0.3 is 9.80 Å². The van der Waals surface area contributed by atoms with Crippen molar-refractivity contribution in [1.82, 2.24) is 9.80 Å². The van der Waals surface area contributed by atoms with E-state index in [1.165, 1.54) is 19.3 Å². The summed E-state index contributed by atoms with van der Waals surface area (Å²) in [5.41, 5.74) is 0. The lowest BCUT2D eigenvalue weighted by atomic mass is 10.1. The largest absolute Gasteiger partial charge is 0.341 e. The first-order valence-electron chi connectivity index (χ1n) is 8.64. The number of likely N-dealkylation sites (N-methyl/N-ethyl adjacent to an activating group) is 2. The number of amides is 2. The summed E-state index contributed by atoms with van der Waals surface area (Å²) in [6.07, 6.45) is 9.10. The predicted octanol–water partition coefficient (Wildman–Crippen LogP) is 3.62. The molecule has 4 nitrogen and oxygen atoms in total. The van der Waals surface area contributed by atoms with Crippen LogP contribution in [-0.2, 0) is 9.59 Å². The number of hydrogen-bond acceptors (Lipinski definition) is 2. The van der Waals surface area contributed by atoms with Crippen molar-refractivity contribution in [2.75, 3.05) is 20.1 Å². The Bertz CT molecular complexity index is 338. The minimum Gasteiger partial charge on any atom is -0.341 e. The van der Waals surface area contributed by atoms with Crippen LogP contribution >= 0.6 is 0 Å². The van der Waals surface area contributed by atoms with Gasteiger partial charge in [0.05, 0.1) is 0 Å². The first-order valence-corrected chi connectivity index (χ1v) is 8.64. The van der Waals surface area contributed by atoms with Crippen molar-refractivity contribution in [3.8, 4) is 0 Å². The van der Waals surface area contributed by atoms with Gasteiger partial charge >= 0.3 is 0 Å². The van der Waals surface area contributed by atoms with Crippen molar-refractivity contribution in [1.29, 1.82) is 0 Å². The Balaban J connectivity index is 4.04. The predicted molar refractivity (Wildman–Crippen MR) is 92.7 cm³/mol. The van der Waals surface area contributed by atoms with Crippen molar-refractivity contribution in [2.24, 2.45) is 0 Å². The highest BCUT2D eigenvalue weighted by molar-refractivity contribution is 5.87. The standard InChI is InChI=1S/C18H34N2O2/c1-6-9-10-11-12-13-14-15-17(21)19(5)16(4)18(22)20(7-2)8-3/h6,16H,1,7-15H2,2-5H3/t16-/m0/s1. The molecule has 0 fully saturated rings. The molecule has 0 aliphatic rings. The number of rotatable bonds is 12. The molecule has 1 atom stereocenters. The number of hydrogen-bond donors (Lipinski definition) is 0. The number of nitrogens with zero attached hydrogens (tertiary/aromatic N) is 2. The third-order valence-corrected chi connectivity index (χ3v) is 4.21. The molecule has 0 bridgehead atoms. The van der Waals surface area contributed by atoms with E-state index < -0.39 is 0 Å². The van der Waals surface area contributed by atoms with Crippen LogP contribution in [0.1, 0.15) is 65.7 Å². The fourth-order valence-corrected chi connectivity index (χ4v) is 2.45. The number of carbonyl (C=O) groups excluding carboxylic acids is 2. The second kappa shape index (κ2) is 12.2. The van der Waals surface area contributed by atoms with E-state index in [-0.39, 0.29) is 17.9 Å². The van der Waals surface area contributed by atoms with Crippen molar-refractivity contribution >= 4 is 11.8 Å². The van der Waals surface area contributed by atoms with E-state index in [9.17, 15) is 9.59 Å². The van der Waals surface area contributed by atoms with Crippen LogP contribution < -0.4 is 0 Å². The Morgan fingerprint density at radius 2 is 1.59 bits per heavy atom. The van der Waals surface area contributed by atoms with E-state index in [0.717, 1.165) is 19.3 Å². The lowest BCUT2D eigenvalue weighted by molar-refractivity contribution is -0.143. The molecule has 2 amide bonds. The van der Waals surface area contributed by atoms with Gasteiger partial charge in [-0.15, -0.1) is 6.58 Å². The molecular weight excluding hydrogens is 276 g/mol. The van der Waals surface area contributed by atoms with Crippen LogP contribution in [0.3, 0.4) is 0 Å². The molecule has 0 aliphatic carbocycles. The zero-order valence-corrected chi connectivity index (χ0v) is 14.9. The molecule has 0 saturated carbocycles. The molecule has 22 heavy (non-hydrogen) atoms. The van der Waals surface area contributed by atoms with Gasteiger partial charge in [0.25, 0.3) is 0 Å². The molecule has 4 heteroatoms. The molecule has 0 aromatic carbocycles. The Hall–Kier alpha value is -1.32. The molecule has 0 heterocycles. The Morgan fingerprint density at radius 1 is 1.05 bits per heavy atom. The maximum absolute atomic E-state index is 12.3. The number of allylic oxidation sites excluding steroid dienone is 1. The minimum absolute atomic E-state index is 0.0327. The lowest BCUT2D eigenvalue weighted by Crippen LogP contribution is -2.47. The SMILES string of the molecule is C=CCCCCCCCC(=O)N(C)[C@@H](C)C(=O)N(CC)CC. The van der Waals surface area contributed by atoms with Crippen molar-refractivity contribution < 1.29 is 9.59 Å². The fourth-order valence-electron chi connectivity index (χ4n) is 2.45. The molecule has 0 aromatic heterocycles. The van der Waals surface area contributed by atoms with E-state index in [0.29, 0.717) is 19.5 Å². The molecule has 0 spiro atoms. The quantitative estimate of drug-likeness (QED) is 0.408. The average Bonchev–Trinajstić information content (AvgIpc) is 2.53. The molecule has 0 saturated heterocycles. The highest BCUT2D eigenvalue weighted by Gasteiger charge is 2.24. The van der Waals surface area contributed by atoms with Crippen LogP contribution in [0, 0.1) is 0 Å². The molecule has 0 unspecified atom stereocenters. The van der Waals surface area contributed by atoms with Gasteiger partial charge in [-0.25, -0.2) is 0 Å². The van der Waals surface area contributed by atoms with Crippen LogP contribution in [0.25, 0.3) is 0 Å². The summed E-state index contributed by atoms with van der Waals surface area (Å²) in [5, 5.41) is 0. The minimum atomic E-state index is -0.375. The van der Waals surface area contributed by atoms with Gasteiger partial charge in [0.2, 0.25) is 11.8 Å². The summed E-state index contributed by atoms with van der Waals surface area (Å²) in [6, 6.07) is -0.375. The van der Waals surface area contributed by atoms with Crippen molar-refractivity contribution in [3.63, 3.8) is 0 Å². The summed E-state index contributed by atoms with van der Waals surface area (Å²) in [6.45, 7) is 10.8. The van der Waals surface area contributed by atoms with Gasteiger partial charge in [-0.2, -0.15) is 0 Å². The van der Waals surface area contributed by atoms with Crippen LogP contribution in [-0.4, -0.2) is 47.8 Å². The van der Waals surface area contributed by atoms with E-state index in [1.54, 1.807) is 16.8 Å². The Morgan fingerprint density at radius 3 is 2.14 bits per heavy atom. The summed E-state index contributed by atoms with van der Waals surface area (Å²) in [7, 11) is 1.73. The fraction of sp³-hybridized carbons (Fsp3) is 0.778. The molecular formula is C18H34N2O2. The van der Waals surface area contributed by atoms with Gasteiger partial charge in [-0.05, 0) is 40.0 Å². The van der Waals surface area contributed by atoms with Crippen molar-refractivity contribution in [2.45, 2.75) is 71.8 Å². The highest BCUT2D eigenvalue weighted by atomic mass is 16.2. The molecule has 0 radical (unpaired) electrons. The van der Waals surface area contributed by atoms with Crippen LogP contribution in [0.5, 0.6) is 0 Å². The van der Waals surface area contributed by atoms with Crippen LogP contribution in [0.2, 0.25) is 0 Å². The summed E-state index contributed by atoms with van der Waals surface area (Å²) < 4.78 is 0. The zero-order valence-electron chi connectivity index (χ0n) is 14.9. The third kappa shape index (κ3) is 7.62. The van der Waals surface area contributed by atoms with Gasteiger partial charge in [0.1, 0.15) is 6.04 Å². The Labute approximate surface area is 136 Å². The number of carbonyl (C=O) groups is 2. The monoisotopic (exact) mass is 310 g/mol. The highest BCUT2D eigenvalue weighted by Crippen LogP contribution is 2.10. The normalized spacial score (nSPS) is 11.8.